The van der Waals surface area contributed by atoms with Gasteiger partial charge in [-0.15, -0.1) is 0 Å². The van der Waals surface area contributed by atoms with Gasteiger partial charge in [0.25, 0.3) is 0 Å². The molecule has 0 aliphatic carbocycles. The molecule has 0 spiro atoms. The monoisotopic (exact) mass is 339 g/mol. The van der Waals surface area contributed by atoms with Crippen LogP contribution >= 0.6 is 0 Å². The van der Waals surface area contributed by atoms with Crippen LogP contribution in [0.15, 0.2) is 30.6 Å². The molecule has 2 aromatic rings. The molecule has 24 heavy (non-hydrogen) atoms. The minimum absolute atomic E-state index is 0.202. The third-order valence-electron chi connectivity index (χ3n) is 4.15. The first-order chi connectivity index (χ1) is 11.4. The molecule has 2 aromatic heterocycles. The number of likely N-dealkylation sites (tertiary alicyclic amines) is 1. The number of aryl methyl sites for hydroxylation is 1. The number of aromatic nitrogens is 3. The molecule has 1 aliphatic heterocycles. The van der Waals surface area contributed by atoms with Gasteiger partial charge in [0.15, 0.2) is 0 Å². The van der Waals surface area contributed by atoms with Crippen molar-refractivity contribution in [1.82, 2.24) is 19.4 Å². The van der Waals surface area contributed by atoms with Crippen molar-refractivity contribution in [3.05, 3.63) is 36.4 Å². The molecule has 130 valence electrons. The summed E-state index contributed by atoms with van der Waals surface area (Å²) in [4.78, 5) is 10.2. The maximum Gasteiger partial charge on any atom is 0.401 e. The lowest BCUT2D eigenvalue weighted by atomic mass is 10.1. The Bertz CT molecular complexity index is 682. The zero-order valence-electron chi connectivity index (χ0n) is 13.4. The number of hydrogen-bond donors (Lipinski definition) is 1. The minimum atomic E-state index is -4.12. The van der Waals surface area contributed by atoms with Crippen LogP contribution in [0.5, 0.6) is 0 Å². The van der Waals surface area contributed by atoms with Gasteiger partial charge in [0.05, 0.1) is 6.54 Å². The molecule has 5 nitrogen and oxygen atoms in total. The molecule has 0 radical (unpaired) electrons. The Morgan fingerprint density at radius 3 is 2.88 bits per heavy atom. The fourth-order valence-electron chi connectivity index (χ4n) is 3.00. The first-order valence-corrected chi connectivity index (χ1v) is 7.91. The predicted octanol–water partition coefficient (Wildman–Crippen LogP) is 2.87. The summed E-state index contributed by atoms with van der Waals surface area (Å²) in [5.74, 6) is 2.53. The summed E-state index contributed by atoms with van der Waals surface area (Å²) in [7, 11) is 0. The van der Waals surface area contributed by atoms with Crippen LogP contribution in [0.2, 0.25) is 0 Å². The van der Waals surface area contributed by atoms with Crippen molar-refractivity contribution in [2.75, 3.05) is 31.5 Å². The van der Waals surface area contributed by atoms with Crippen molar-refractivity contribution in [1.29, 1.82) is 0 Å². The Kier molecular flexibility index (Phi) is 4.75. The van der Waals surface area contributed by atoms with Crippen molar-refractivity contribution < 1.29 is 13.2 Å². The first-order valence-electron chi connectivity index (χ1n) is 7.91. The Hall–Kier alpha value is -2.09. The highest BCUT2D eigenvalue weighted by molar-refractivity contribution is 5.40. The van der Waals surface area contributed by atoms with Crippen LogP contribution in [-0.2, 0) is 0 Å². The molecule has 1 fully saturated rings. The van der Waals surface area contributed by atoms with E-state index in [4.69, 9.17) is 0 Å². The molecule has 1 unspecified atom stereocenters. The number of nitrogens with zero attached hydrogens (tertiary/aromatic N) is 4. The molecule has 8 heteroatoms. The van der Waals surface area contributed by atoms with Crippen LogP contribution in [0, 0.1) is 12.8 Å². The number of alkyl halides is 3. The quantitative estimate of drug-likeness (QED) is 0.910. The van der Waals surface area contributed by atoms with Gasteiger partial charge in [0.2, 0.25) is 0 Å². The lowest BCUT2D eigenvalue weighted by Crippen LogP contribution is -2.33. The number of imidazole rings is 1. The maximum atomic E-state index is 12.4. The fraction of sp³-hybridized carbons (Fsp3) is 0.500. The third kappa shape index (κ3) is 4.25. The van der Waals surface area contributed by atoms with Crippen molar-refractivity contribution in [3.8, 4) is 5.82 Å². The number of halogens is 3. The van der Waals surface area contributed by atoms with E-state index in [9.17, 15) is 13.2 Å². The first kappa shape index (κ1) is 16.8. The van der Waals surface area contributed by atoms with Crippen LogP contribution in [0.4, 0.5) is 19.0 Å². The van der Waals surface area contributed by atoms with Crippen molar-refractivity contribution in [2.45, 2.75) is 19.5 Å². The summed E-state index contributed by atoms with van der Waals surface area (Å²) in [6.45, 7) is 2.65. The summed E-state index contributed by atoms with van der Waals surface area (Å²) in [6.07, 6.45) is 0.197. The molecule has 1 N–H and O–H groups in total. The Morgan fingerprint density at radius 2 is 2.17 bits per heavy atom. The Balaban J connectivity index is 1.55. The summed E-state index contributed by atoms with van der Waals surface area (Å²) in [6, 6.07) is 5.65. The van der Waals surface area contributed by atoms with E-state index in [0.29, 0.717) is 19.6 Å². The lowest BCUT2D eigenvalue weighted by molar-refractivity contribution is -0.143. The van der Waals surface area contributed by atoms with E-state index in [1.54, 1.807) is 6.20 Å². The molecule has 1 aliphatic rings. The van der Waals surface area contributed by atoms with E-state index in [1.807, 2.05) is 35.9 Å². The molecular formula is C16H20F3N5. The van der Waals surface area contributed by atoms with Crippen LogP contribution < -0.4 is 5.32 Å². The normalized spacial score (nSPS) is 18.9. The molecule has 1 atom stereocenters. The summed E-state index contributed by atoms with van der Waals surface area (Å²) < 4.78 is 39.1. The van der Waals surface area contributed by atoms with Crippen molar-refractivity contribution in [2.24, 2.45) is 5.92 Å². The van der Waals surface area contributed by atoms with Gasteiger partial charge >= 0.3 is 6.18 Å². The highest BCUT2D eigenvalue weighted by Gasteiger charge is 2.34. The van der Waals surface area contributed by atoms with E-state index >= 15 is 0 Å². The zero-order valence-corrected chi connectivity index (χ0v) is 13.4. The van der Waals surface area contributed by atoms with Gasteiger partial charge in [-0.2, -0.15) is 13.2 Å². The summed E-state index contributed by atoms with van der Waals surface area (Å²) in [5.41, 5.74) is 0. The zero-order chi connectivity index (χ0) is 17.2. The maximum absolute atomic E-state index is 12.4. The molecular weight excluding hydrogens is 319 g/mol. The molecule has 1 saturated heterocycles. The van der Waals surface area contributed by atoms with Gasteiger partial charge < -0.3 is 5.32 Å². The topological polar surface area (TPSA) is 46.0 Å². The van der Waals surface area contributed by atoms with E-state index < -0.39 is 12.7 Å². The smallest absolute Gasteiger partial charge is 0.370 e. The van der Waals surface area contributed by atoms with Crippen molar-refractivity contribution >= 4 is 5.82 Å². The SMILES string of the molecule is Cc1nccn1-c1cccc(NCC2CCN(CC(F)(F)F)C2)n1. The average molecular weight is 339 g/mol. The largest absolute Gasteiger partial charge is 0.401 e. The number of pyridine rings is 1. The number of rotatable bonds is 5. The van der Waals surface area contributed by atoms with E-state index in [-0.39, 0.29) is 5.92 Å². The molecule has 0 amide bonds. The van der Waals surface area contributed by atoms with Crippen LogP contribution in [0.3, 0.4) is 0 Å². The van der Waals surface area contributed by atoms with Crippen LogP contribution in [0.25, 0.3) is 5.82 Å². The lowest BCUT2D eigenvalue weighted by Gasteiger charge is -2.18. The van der Waals surface area contributed by atoms with Gasteiger partial charge in [0, 0.05) is 25.5 Å². The average Bonchev–Trinajstić information content (AvgIpc) is 3.13. The van der Waals surface area contributed by atoms with Gasteiger partial charge in [-0.1, -0.05) is 6.07 Å². The second kappa shape index (κ2) is 6.80. The summed E-state index contributed by atoms with van der Waals surface area (Å²) >= 11 is 0. The van der Waals surface area contributed by atoms with Crippen LogP contribution in [0.1, 0.15) is 12.2 Å². The van der Waals surface area contributed by atoms with Crippen LogP contribution in [-0.4, -0.2) is 51.8 Å². The molecule has 0 saturated carbocycles. The highest BCUT2D eigenvalue weighted by Crippen LogP contribution is 2.23. The minimum Gasteiger partial charge on any atom is -0.370 e. The van der Waals surface area contributed by atoms with E-state index in [1.165, 1.54) is 4.90 Å². The van der Waals surface area contributed by atoms with Crippen molar-refractivity contribution in [3.63, 3.8) is 0 Å². The number of hydrogen-bond acceptors (Lipinski definition) is 4. The molecule has 3 rings (SSSR count). The van der Waals surface area contributed by atoms with E-state index in [2.05, 4.69) is 15.3 Å². The van der Waals surface area contributed by atoms with E-state index in [0.717, 1.165) is 23.9 Å². The number of nitrogens with one attached hydrogen (secondary N) is 1. The molecule has 0 bridgehead atoms. The standard InChI is InChI=1S/C16H20F3N5/c1-12-20-6-8-24(12)15-4-2-3-14(22-15)21-9-13-5-7-23(10-13)11-16(17,18)19/h2-4,6,8,13H,5,7,9-11H2,1H3,(H,21,22). The molecule has 0 aromatic carbocycles. The number of anilines is 1. The van der Waals surface area contributed by atoms with Gasteiger partial charge in [-0.3, -0.25) is 9.47 Å². The highest BCUT2D eigenvalue weighted by atomic mass is 19.4. The predicted molar refractivity (Wildman–Crippen MR) is 85.2 cm³/mol. The fourth-order valence-corrected chi connectivity index (χ4v) is 3.00. The second-order valence-electron chi connectivity index (χ2n) is 6.11. The third-order valence-corrected chi connectivity index (χ3v) is 4.15. The van der Waals surface area contributed by atoms with Gasteiger partial charge in [-0.05, 0) is 37.9 Å². The molecule has 3 heterocycles. The second-order valence-corrected chi connectivity index (χ2v) is 6.11. The van der Waals surface area contributed by atoms with Gasteiger partial charge in [-0.25, -0.2) is 9.97 Å². The Morgan fingerprint density at radius 1 is 1.33 bits per heavy atom. The van der Waals surface area contributed by atoms with Gasteiger partial charge in [0.1, 0.15) is 17.5 Å². The Labute approximate surface area is 138 Å². The summed E-state index contributed by atoms with van der Waals surface area (Å²) in [5, 5.41) is 3.24.